The van der Waals surface area contributed by atoms with Gasteiger partial charge in [-0.25, -0.2) is 26.9 Å². The van der Waals surface area contributed by atoms with Crippen molar-refractivity contribution < 1.29 is 51.0 Å². The number of fused-ring (bicyclic) bond motifs is 4. The number of aromatic hydroxyl groups is 1. The van der Waals surface area contributed by atoms with Crippen LogP contribution in [0.4, 0.5) is 27.6 Å². The number of anilines is 1. The van der Waals surface area contributed by atoms with Gasteiger partial charge in [0.05, 0.1) is 30.0 Å². The monoisotopic (exact) mass is 876 g/mol. The number of nitrogens with zero attached hydrogens (tertiary/aromatic N) is 2. The summed E-state index contributed by atoms with van der Waals surface area (Å²) >= 11 is 21.0. The number of amides is 4. The zero-order valence-electron chi connectivity index (χ0n) is 25.8. The van der Waals surface area contributed by atoms with E-state index in [-0.39, 0.29) is 43.7 Å². The van der Waals surface area contributed by atoms with E-state index in [1.165, 1.54) is 13.2 Å². The van der Waals surface area contributed by atoms with Crippen molar-refractivity contribution in [1.29, 1.82) is 0 Å². The first-order valence-electron chi connectivity index (χ1n) is 15.1. The maximum Gasteiger partial charge on any atom is 0.258 e. The maximum atomic E-state index is 15.3. The lowest BCUT2D eigenvalue weighted by Gasteiger charge is -2.51. The lowest BCUT2D eigenvalue weighted by Crippen LogP contribution is -2.60. The summed E-state index contributed by atoms with van der Waals surface area (Å²) in [6.45, 7) is -0.0679. The molecule has 2 saturated heterocycles. The highest BCUT2D eigenvalue weighted by atomic mass is 79.9. The predicted molar refractivity (Wildman–Crippen MR) is 178 cm³/mol. The van der Waals surface area contributed by atoms with Crippen molar-refractivity contribution in [1.82, 2.24) is 4.90 Å². The summed E-state index contributed by atoms with van der Waals surface area (Å²) < 4.78 is 79.0. The van der Waals surface area contributed by atoms with E-state index < -0.39 is 104 Å². The molecule has 266 valence electrons. The number of benzene rings is 3. The van der Waals surface area contributed by atoms with Crippen LogP contribution in [0.25, 0.3) is 0 Å². The van der Waals surface area contributed by atoms with E-state index in [1.807, 2.05) is 0 Å². The van der Waals surface area contributed by atoms with Gasteiger partial charge in [0.1, 0.15) is 5.69 Å². The fourth-order valence-electron chi connectivity index (χ4n) is 7.88. The Bertz CT molecular complexity index is 2110. The Morgan fingerprint density at radius 1 is 0.882 bits per heavy atom. The summed E-state index contributed by atoms with van der Waals surface area (Å²) in [5.41, 5.74) is -0.953. The third kappa shape index (κ3) is 4.72. The number of likely N-dealkylation sites (tertiary alicyclic amines) is 1. The second-order valence-corrected chi connectivity index (χ2v) is 15.4. The Kier molecular flexibility index (Phi) is 8.63. The molecule has 2 aliphatic heterocycles. The molecule has 6 unspecified atom stereocenters. The van der Waals surface area contributed by atoms with E-state index in [9.17, 15) is 37.5 Å². The number of allylic oxidation sites excluding steroid dienone is 2. The largest absolute Gasteiger partial charge is 0.503 e. The fraction of sp³-hybridized carbons (Fsp3) is 0.294. The minimum absolute atomic E-state index is 0.0109. The third-order valence-corrected chi connectivity index (χ3v) is 13.8. The molecule has 2 heterocycles. The van der Waals surface area contributed by atoms with Gasteiger partial charge in [-0.1, -0.05) is 42.0 Å². The van der Waals surface area contributed by atoms with Gasteiger partial charge in [0.25, 0.3) is 11.8 Å². The van der Waals surface area contributed by atoms with Gasteiger partial charge in [0.2, 0.25) is 17.6 Å². The number of hydrogen-bond donors (Lipinski definition) is 1. The Morgan fingerprint density at radius 2 is 1.49 bits per heavy atom. The molecule has 6 atom stereocenters. The molecular weight excluding hydrogens is 858 g/mol. The van der Waals surface area contributed by atoms with Gasteiger partial charge in [0, 0.05) is 10.4 Å². The zero-order valence-corrected chi connectivity index (χ0v) is 30.4. The standard InChI is InChI=1S/C34H21Br2Cl2F5N2O6/c1-51-17-9-15(20(35)21(36)28(17)46)19-13-7-8-14-18(30(48)44(29(14)47)11-12-5-3-2-4-6-12)16(13)10-33(37)31(49)45(32(50)34(19,33)38)27-25(42)23(40)22(39)24(41)26(27)43/h2-7,9,14,16,18-19,46H,8,10-11H2,1H3. The molecule has 0 radical (unpaired) electrons. The van der Waals surface area contributed by atoms with E-state index in [2.05, 4.69) is 31.9 Å². The molecule has 4 amide bonds. The van der Waals surface area contributed by atoms with Crippen LogP contribution in [0.5, 0.6) is 11.5 Å². The second kappa shape index (κ2) is 12.3. The Labute approximate surface area is 312 Å². The summed E-state index contributed by atoms with van der Waals surface area (Å²) in [4.78, 5) is 52.2. The van der Waals surface area contributed by atoms with Gasteiger partial charge in [-0.3, -0.25) is 24.1 Å². The van der Waals surface area contributed by atoms with Gasteiger partial charge < -0.3 is 9.84 Å². The topological polar surface area (TPSA) is 104 Å². The Morgan fingerprint density at radius 3 is 2.10 bits per heavy atom. The van der Waals surface area contributed by atoms with Crippen LogP contribution >= 0.6 is 55.1 Å². The second-order valence-electron chi connectivity index (χ2n) is 12.6. The van der Waals surface area contributed by atoms with Crippen LogP contribution in [-0.4, -0.2) is 50.5 Å². The van der Waals surface area contributed by atoms with Crippen LogP contribution in [0.3, 0.4) is 0 Å². The van der Waals surface area contributed by atoms with Crippen molar-refractivity contribution in [2.45, 2.75) is 35.1 Å². The van der Waals surface area contributed by atoms with E-state index in [0.29, 0.717) is 5.56 Å². The van der Waals surface area contributed by atoms with Crippen molar-refractivity contribution >= 4 is 84.4 Å². The lowest BCUT2D eigenvalue weighted by atomic mass is 9.56. The van der Waals surface area contributed by atoms with Gasteiger partial charge in [-0.05, 0) is 67.8 Å². The highest BCUT2D eigenvalue weighted by molar-refractivity contribution is 9.13. The lowest BCUT2D eigenvalue weighted by molar-refractivity contribution is -0.141. The van der Waals surface area contributed by atoms with Crippen molar-refractivity contribution in [2.24, 2.45) is 17.8 Å². The van der Waals surface area contributed by atoms with E-state index >= 15 is 8.78 Å². The zero-order chi connectivity index (χ0) is 37.1. The molecule has 0 aromatic heterocycles. The molecule has 1 saturated carbocycles. The average molecular weight is 879 g/mol. The van der Waals surface area contributed by atoms with Crippen LogP contribution in [0, 0.1) is 46.8 Å². The van der Waals surface area contributed by atoms with Crippen LogP contribution in [0.1, 0.15) is 29.9 Å². The van der Waals surface area contributed by atoms with Crippen LogP contribution in [0.15, 0.2) is 57.0 Å². The minimum Gasteiger partial charge on any atom is -0.503 e. The molecule has 4 aliphatic rings. The number of phenolic OH excluding ortho intramolecular Hbond substituents is 1. The van der Waals surface area contributed by atoms with Crippen LogP contribution < -0.4 is 9.64 Å². The van der Waals surface area contributed by atoms with Crippen LogP contribution in [-0.2, 0) is 25.7 Å². The molecule has 3 aromatic carbocycles. The molecule has 7 rings (SSSR count). The molecular formula is C34H21Br2Cl2F5N2O6. The summed E-state index contributed by atoms with van der Waals surface area (Å²) in [6, 6.07) is 9.94. The van der Waals surface area contributed by atoms with E-state index in [1.54, 1.807) is 36.4 Å². The van der Waals surface area contributed by atoms with Crippen molar-refractivity contribution in [3.05, 3.63) is 97.2 Å². The first kappa shape index (κ1) is 35.9. The molecule has 3 aromatic rings. The first-order valence-corrected chi connectivity index (χ1v) is 17.5. The number of imide groups is 2. The predicted octanol–water partition coefficient (Wildman–Crippen LogP) is 7.38. The first-order chi connectivity index (χ1) is 24.0. The molecule has 2 aliphatic carbocycles. The van der Waals surface area contributed by atoms with E-state index in [0.717, 1.165) is 4.90 Å². The number of methoxy groups -OCH3 is 1. The van der Waals surface area contributed by atoms with Crippen molar-refractivity contribution in [3.63, 3.8) is 0 Å². The fourth-order valence-corrected chi connectivity index (χ4v) is 9.76. The molecule has 0 spiro atoms. The van der Waals surface area contributed by atoms with Gasteiger partial charge in [-0.15, -0.1) is 23.2 Å². The summed E-state index contributed by atoms with van der Waals surface area (Å²) in [5, 5.41) is 10.7. The van der Waals surface area contributed by atoms with Gasteiger partial charge in [0.15, 0.2) is 44.5 Å². The normalized spacial score (nSPS) is 28.5. The number of hydrogen-bond acceptors (Lipinski definition) is 6. The number of halogens is 9. The maximum absolute atomic E-state index is 15.3. The number of phenols is 1. The molecule has 17 heteroatoms. The molecule has 3 fully saturated rings. The highest BCUT2D eigenvalue weighted by Crippen LogP contribution is 2.67. The van der Waals surface area contributed by atoms with Crippen LogP contribution in [0.2, 0.25) is 0 Å². The molecule has 1 N–H and O–H groups in total. The molecule has 51 heavy (non-hydrogen) atoms. The number of carbonyl (C=O) groups excluding carboxylic acids is 4. The van der Waals surface area contributed by atoms with Crippen molar-refractivity contribution in [2.75, 3.05) is 12.0 Å². The number of rotatable bonds is 5. The summed E-state index contributed by atoms with van der Waals surface area (Å²) in [5.74, 6) is -22.0. The van der Waals surface area contributed by atoms with Crippen molar-refractivity contribution in [3.8, 4) is 11.5 Å². The SMILES string of the molecule is COc1cc(C2C3=CCC4C(=O)N(Cc5ccccc5)C(=O)C4C3CC3(Cl)C(=O)N(c4c(F)c(F)c(F)c(F)c4F)C(=O)C23Cl)c(Br)c(Br)c1O. The number of carbonyl (C=O) groups is 4. The summed E-state index contributed by atoms with van der Waals surface area (Å²) in [6.07, 6.45) is 0.902. The minimum atomic E-state index is -2.75. The number of alkyl halides is 2. The third-order valence-electron chi connectivity index (χ3n) is 10.2. The highest BCUT2D eigenvalue weighted by Gasteiger charge is 2.77. The molecule has 0 bridgehead atoms. The Hall–Kier alpha value is -3.53. The molecule has 8 nitrogen and oxygen atoms in total. The Balaban J connectivity index is 1.45. The van der Waals surface area contributed by atoms with Gasteiger partial charge >= 0.3 is 0 Å². The smallest absolute Gasteiger partial charge is 0.258 e. The number of ether oxygens (including phenoxy) is 1. The summed E-state index contributed by atoms with van der Waals surface area (Å²) in [7, 11) is 1.22. The van der Waals surface area contributed by atoms with E-state index in [4.69, 9.17) is 27.9 Å². The average Bonchev–Trinajstić information content (AvgIpc) is 3.44. The quantitative estimate of drug-likeness (QED) is 0.0717. The van der Waals surface area contributed by atoms with Gasteiger partial charge in [-0.2, -0.15) is 0 Å².